The summed E-state index contributed by atoms with van der Waals surface area (Å²) in [6.07, 6.45) is 0. The average molecular weight is 130 g/mol. The highest BCUT2D eigenvalue weighted by Gasteiger charge is 1.99. The zero-order valence-corrected chi connectivity index (χ0v) is 5.46. The van der Waals surface area contributed by atoms with Crippen LogP contribution in [-0.4, -0.2) is 17.1 Å². The first kappa shape index (κ1) is 10.8. The Labute approximate surface area is 53.9 Å². The minimum absolute atomic E-state index is 0.731. The van der Waals surface area contributed by atoms with Crippen LogP contribution in [-0.2, 0) is 4.79 Å². The Morgan fingerprint density at radius 2 is 2.00 bits per heavy atom. The zero-order chi connectivity index (χ0) is 7.86. The lowest BCUT2D eigenvalue weighted by atomic mass is 10.4. The van der Waals surface area contributed by atoms with Crippen LogP contribution in [0.1, 0.15) is 13.8 Å². The van der Waals surface area contributed by atoms with E-state index in [9.17, 15) is 4.79 Å². The highest BCUT2D eigenvalue weighted by molar-refractivity contribution is 5.72. The third-order valence-corrected chi connectivity index (χ3v) is 0.390. The van der Waals surface area contributed by atoms with E-state index in [0.717, 1.165) is 0 Å². The first-order chi connectivity index (χ1) is 4.06. The molecule has 0 spiro atoms. The molecular formula is C5H10N2O2. The second kappa shape index (κ2) is 6.92. The molecule has 4 nitrogen and oxygen atoms in total. The topological polar surface area (TPSA) is 87.1 Å². The van der Waals surface area contributed by atoms with Gasteiger partial charge in [-0.05, 0) is 6.92 Å². The Hall–Kier alpha value is -1.08. The minimum atomic E-state index is -0.963. The van der Waals surface area contributed by atoms with E-state index >= 15 is 0 Å². The van der Waals surface area contributed by atoms with Gasteiger partial charge in [0.2, 0.25) is 0 Å². The molecule has 0 saturated carbocycles. The van der Waals surface area contributed by atoms with Crippen molar-refractivity contribution in [1.29, 1.82) is 5.26 Å². The second-order valence-electron chi connectivity index (χ2n) is 1.35. The number of carboxylic acid groups (broad SMARTS) is 1. The van der Waals surface area contributed by atoms with Crippen molar-refractivity contribution in [2.24, 2.45) is 5.73 Å². The fourth-order valence-electron chi connectivity index (χ4n) is 0. The molecule has 1 atom stereocenters. The third-order valence-electron chi connectivity index (χ3n) is 0.390. The van der Waals surface area contributed by atoms with Gasteiger partial charge < -0.3 is 10.8 Å². The molecule has 0 bridgehead atoms. The lowest BCUT2D eigenvalue weighted by Crippen LogP contribution is -2.25. The van der Waals surface area contributed by atoms with E-state index in [-0.39, 0.29) is 0 Å². The van der Waals surface area contributed by atoms with Gasteiger partial charge in [-0.25, -0.2) is 0 Å². The van der Waals surface area contributed by atoms with Gasteiger partial charge in [-0.15, -0.1) is 0 Å². The van der Waals surface area contributed by atoms with Crippen LogP contribution in [0.3, 0.4) is 0 Å². The Balaban J connectivity index is 0. The zero-order valence-electron chi connectivity index (χ0n) is 5.46. The van der Waals surface area contributed by atoms with Crippen molar-refractivity contribution in [2.45, 2.75) is 19.9 Å². The Morgan fingerprint density at radius 1 is 1.89 bits per heavy atom. The normalized spacial score (nSPS) is 10.0. The number of aliphatic carboxylic acids is 1. The Bertz CT molecular complexity index is 115. The third kappa shape index (κ3) is 19.6. The van der Waals surface area contributed by atoms with Crippen molar-refractivity contribution in [2.75, 3.05) is 0 Å². The van der Waals surface area contributed by atoms with Gasteiger partial charge in [-0.3, -0.25) is 4.79 Å². The Morgan fingerprint density at radius 3 is 2.00 bits per heavy atom. The highest BCUT2D eigenvalue weighted by Crippen LogP contribution is 1.68. The first-order valence-corrected chi connectivity index (χ1v) is 2.35. The quantitative estimate of drug-likeness (QED) is 0.520. The van der Waals surface area contributed by atoms with Gasteiger partial charge in [0.05, 0.1) is 6.07 Å². The maximum absolute atomic E-state index is 9.57. The van der Waals surface area contributed by atoms with E-state index in [1.54, 1.807) is 6.07 Å². The molecule has 0 aromatic heterocycles. The summed E-state index contributed by atoms with van der Waals surface area (Å²) in [5, 5.41) is 15.2. The van der Waals surface area contributed by atoms with E-state index in [1.165, 1.54) is 13.8 Å². The van der Waals surface area contributed by atoms with Crippen molar-refractivity contribution in [1.82, 2.24) is 0 Å². The van der Waals surface area contributed by atoms with Gasteiger partial charge in [0, 0.05) is 6.92 Å². The van der Waals surface area contributed by atoms with Crippen molar-refractivity contribution < 1.29 is 9.90 Å². The second-order valence-corrected chi connectivity index (χ2v) is 1.35. The van der Waals surface area contributed by atoms with Gasteiger partial charge in [-0.2, -0.15) is 5.26 Å². The van der Waals surface area contributed by atoms with Crippen molar-refractivity contribution >= 4 is 5.97 Å². The summed E-state index contributed by atoms with van der Waals surface area (Å²) < 4.78 is 0. The molecule has 0 aliphatic carbocycles. The molecule has 0 aliphatic heterocycles. The molecule has 0 heterocycles. The van der Waals surface area contributed by atoms with Crippen molar-refractivity contribution in [3.05, 3.63) is 0 Å². The SMILES string of the molecule is CC#N.C[C@@H](N)C(=O)O. The fourth-order valence-corrected chi connectivity index (χ4v) is 0. The highest BCUT2D eigenvalue weighted by atomic mass is 16.4. The summed E-state index contributed by atoms with van der Waals surface area (Å²) in [5.41, 5.74) is 4.84. The molecule has 0 amide bonds. The van der Waals surface area contributed by atoms with E-state index in [2.05, 4.69) is 0 Å². The van der Waals surface area contributed by atoms with Gasteiger partial charge in [-0.1, -0.05) is 0 Å². The van der Waals surface area contributed by atoms with Crippen LogP contribution in [0, 0.1) is 11.3 Å². The fraction of sp³-hybridized carbons (Fsp3) is 0.600. The van der Waals surface area contributed by atoms with Crippen LogP contribution in [0.4, 0.5) is 0 Å². The summed E-state index contributed by atoms with van der Waals surface area (Å²) >= 11 is 0. The standard InChI is InChI=1S/C3H7NO2.C2H3N/c1-2(4)3(5)6;1-2-3/h2H,4H2,1H3,(H,5,6);1H3/t2-;/m1./s1. The first-order valence-electron chi connectivity index (χ1n) is 2.35. The van der Waals surface area contributed by atoms with Gasteiger partial charge >= 0.3 is 5.97 Å². The molecule has 0 saturated heterocycles. The molecule has 0 aromatic rings. The number of nitrogens with two attached hydrogens (primary N) is 1. The summed E-state index contributed by atoms with van der Waals surface area (Å²) in [6, 6.07) is 1.02. The molecule has 0 unspecified atom stereocenters. The van der Waals surface area contributed by atoms with Gasteiger partial charge in [0.1, 0.15) is 6.04 Å². The summed E-state index contributed by atoms with van der Waals surface area (Å²) in [7, 11) is 0. The average Bonchev–Trinajstić information content (AvgIpc) is 1.68. The van der Waals surface area contributed by atoms with Crippen LogP contribution in [0.25, 0.3) is 0 Å². The number of rotatable bonds is 1. The number of hydrogen-bond acceptors (Lipinski definition) is 3. The van der Waals surface area contributed by atoms with E-state index in [1.807, 2.05) is 0 Å². The maximum Gasteiger partial charge on any atom is 0.320 e. The summed E-state index contributed by atoms with van der Waals surface area (Å²) in [4.78, 5) is 9.57. The molecular weight excluding hydrogens is 120 g/mol. The summed E-state index contributed by atoms with van der Waals surface area (Å²) in [6.45, 7) is 2.85. The van der Waals surface area contributed by atoms with E-state index < -0.39 is 12.0 Å². The molecule has 4 heteroatoms. The van der Waals surface area contributed by atoms with E-state index in [4.69, 9.17) is 16.1 Å². The maximum atomic E-state index is 9.57. The number of nitrogens with zero attached hydrogens (tertiary/aromatic N) is 1. The minimum Gasteiger partial charge on any atom is -0.480 e. The monoisotopic (exact) mass is 130 g/mol. The van der Waals surface area contributed by atoms with Crippen LogP contribution in [0.2, 0.25) is 0 Å². The van der Waals surface area contributed by atoms with E-state index in [0.29, 0.717) is 0 Å². The number of carboxylic acids is 1. The molecule has 9 heavy (non-hydrogen) atoms. The van der Waals surface area contributed by atoms with Crippen LogP contribution in [0.15, 0.2) is 0 Å². The predicted octanol–water partition coefficient (Wildman–Crippen LogP) is -0.0519. The molecule has 0 aliphatic rings. The van der Waals surface area contributed by atoms with Gasteiger partial charge in [0.25, 0.3) is 0 Å². The molecule has 3 N–H and O–H groups in total. The number of hydrogen-bond donors (Lipinski definition) is 2. The lowest BCUT2D eigenvalue weighted by Gasteiger charge is -1.90. The van der Waals surface area contributed by atoms with Gasteiger partial charge in [0.15, 0.2) is 0 Å². The molecule has 0 rings (SSSR count). The number of nitriles is 1. The number of carbonyl (C=O) groups is 1. The van der Waals surface area contributed by atoms with Crippen molar-refractivity contribution in [3.8, 4) is 6.07 Å². The smallest absolute Gasteiger partial charge is 0.320 e. The predicted molar refractivity (Wildman–Crippen MR) is 32.6 cm³/mol. The lowest BCUT2D eigenvalue weighted by molar-refractivity contribution is -0.138. The largest absolute Gasteiger partial charge is 0.480 e. The molecule has 52 valence electrons. The van der Waals surface area contributed by atoms with Crippen molar-refractivity contribution in [3.63, 3.8) is 0 Å². The Kier molecular flexibility index (Phi) is 8.32. The van der Waals surface area contributed by atoms with Crippen LogP contribution in [0.5, 0.6) is 0 Å². The summed E-state index contributed by atoms with van der Waals surface area (Å²) in [5.74, 6) is -0.963. The molecule has 0 fully saturated rings. The molecule has 0 radical (unpaired) electrons. The van der Waals surface area contributed by atoms with Crippen LogP contribution >= 0.6 is 0 Å². The molecule has 0 aromatic carbocycles. The van der Waals surface area contributed by atoms with Crippen LogP contribution < -0.4 is 5.73 Å².